The summed E-state index contributed by atoms with van der Waals surface area (Å²) in [6.45, 7) is 1.55. The lowest BCUT2D eigenvalue weighted by molar-refractivity contribution is 0.0693. The summed E-state index contributed by atoms with van der Waals surface area (Å²) >= 11 is 0. The zero-order valence-electron chi connectivity index (χ0n) is 9.01. The molecule has 1 unspecified atom stereocenters. The predicted octanol–water partition coefficient (Wildman–Crippen LogP) is -0.729. The SMILES string of the molecule is O=C(O)c1cn(CC2CCOC2)c(=O)[nH]c1=O. The van der Waals surface area contributed by atoms with Crippen LogP contribution in [0.15, 0.2) is 15.8 Å². The van der Waals surface area contributed by atoms with Gasteiger partial charge in [0.25, 0.3) is 5.56 Å². The summed E-state index contributed by atoms with van der Waals surface area (Å²) in [6.07, 6.45) is 1.91. The second-order valence-corrected chi connectivity index (χ2v) is 3.99. The molecule has 1 fully saturated rings. The predicted molar refractivity (Wildman–Crippen MR) is 57.2 cm³/mol. The van der Waals surface area contributed by atoms with Gasteiger partial charge in [0, 0.05) is 25.3 Å². The van der Waals surface area contributed by atoms with Crippen LogP contribution >= 0.6 is 0 Å². The molecule has 1 aliphatic heterocycles. The van der Waals surface area contributed by atoms with Gasteiger partial charge in [0.2, 0.25) is 0 Å². The molecule has 2 N–H and O–H groups in total. The van der Waals surface area contributed by atoms with E-state index < -0.39 is 22.8 Å². The first-order valence-corrected chi connectivity index (χ1v) is 5.22. The zero-order chi connectivity index (χ0) is 12.4. The fourth-order valence-corrected chi connectivity index (χ4v) is 1.80. The van der Waals surface area contributed by atoms with Crippen molar-refractivity contribution in [3.05, 3.63) is 32.6 Å². The van der Waals surface area contributed by atoms with Crippen molar-refractivity contribution in [3.8, 4) is 0 Å². The molecule has 7 nitrogen and oxygen atoms in total. The number of H-pyrrole nitrogens is 1. The van der Waals surface area contributed by atoms with E-state index in [9.17, 15) is 14.4 Å². The Kier molecular flexibility index (Phi) is 3.10. The minimum atomic E-state index is -1.34. The van der Waals surface area contributed by atoms with Gasteiger partial charge in [-0.1, -0.05) is 0 Å². The third-order valence-electron chi connectivity index (χ3n) is 2.72. The van der Waals surface area contributed by atoms with Gasteiger partial charge in [-0.2, -0.15) is 0 Å². The highest BCUT2D eigenvalue weighted by Gasteiger charge is 2.18. The summed E-state index contributed by atoms with van der Waals surface area (Å²) in [4.78, 5) is 35.4. The highest BCUT2D eigenvalue weighted by atomic mass is 16.5. The van der Waals surface area contributed by atoms with E-state index in [1.165, 1.54) is 4.57 Å². The first-order chi connectivity index (χ1) is 8.08. The monoisotopic (exact) mass is 240 g/mol. The van der Waals surface area contributed by atoms with Crippen LogP contribution in [0, 0.1) is 5.92 Å². The molecule has 0 bridgehead atoms. The normalized spacial score (nSPS) is 19.4. The van der Waals surface area contributed by atoms with Crippen molar-refractivity contribution in [2.75, 3.05) is 13.2 Å². The van der Waals surface area contributed by atoms with Crippen molar-refractivity contribution in [1.82, 2.24) is 9.55 Å². The molecule has 92 valence electrons. The van der Waals surface area contributed by atoms with Crippen LogP contribution in [0.4, 0.5) is 0 Å². The minimum absolute atomic E-state index is 0.181. The number of aromatic amines is 1. The quantitative estimate of drug-likeness (QED) is 0.725. The average Bonchev–Trinajstić information content (AvgIpc) is 2.74. The second kappa shape index (κ2) is 4.54. The number of carbonyl (C=O) groups is 1. The van der Waals surface area contributed by atoms with E-state index in [0.717, 1.165) is 12.6 Å². The molecular formula is C10H12N2O5. The van der Waals surface area contributed by atoms with Gasteiger partial charge in [0.15, 0.2) is 0 Å². The van der Waals surface area contributed by atoms with Crippen molar-refractivity contribution in [3.63, 3.8) is 0 Å². The molecule has 1 saturated heterocycles. The van der Waals surface area contributed by atoms with Crippen molar-refractivity contribution < 1.29 is 14.6 Å². The smallest absolute Gasteiger partial charge is 0.342 e. The molecule has 0 amide bonds. The number of nitrogens with zero attached hydrogens (tertiary/aromatic N) is 1. The van der Waals surface area contributed by atoms with Crippen LogP contribution < -0.4 is 11.2 Å². The van der Waals surface area contributed by atoms with Crippen LogP contribution in [0.2, 0.25) is 0 Å². The Bertz CT molecular complexity index is 538. The van der Waals surface area contributed by atoms with Crippen LogP contribution in [0.25, 0.3) is 0 Å². The molecule has 0 saturated carbocycles. The number of aromatic nitrogens is 2. The fraction of sp³-hybridized carbons (Fsp3) is 0.500. The molecular weight excluding hydrogens is 228 g/mol. The molecule has 17 heavy (non-hydrogen) atoms. The van der Waals surface area contributed by atoms with Crippen LogP contribution in [-0.4, -0.2) is 33.8 Å². The summed E-state index contributed by atoms with van der Waals surface area (Å²) in [5, 5.41) is 8.78. The maximum Gasteiger partial charge on any atom is 0.342 e. The second-order valence-electron chi connectivity index (χ2n) is 3.99. The number of hydrogen-bond donors (Lipinski definition) is 2. The van der Waals surface area contributed by atoms with E-state index in [0.29, 0.717) is 19.8 Å². The lowest BCUT2D eigenvalue weighted by atomic mass is 10.1. The molecule has 1 aromatic heterocycles. The van der Waals surface area contributed by atoms with E-state index in [1.807, 2.05) is 4.98 Å². The Morgan fingerprint density at radius 1 is 1.59 bits per heavy atom. The molecule has 0 radical (unpaired) electrons. The molecule has 0 spiro atoms. The first kappa shape index (κ1) is 11.6. The summed E-state index contributed by atoms with van der Waals surface area (Å²) in [5.41, 5.74) is -1.89. The van der Waals surface area contributed by atoms with Gasteiger partial charge in [0.05, 0.1) is 6.61 Å². The highest BCUT2D eigenvalue weighted by molar-refractivity contribution is 5.86. The number of carboxylic acid groups (broad SMARTS) is 1. The summed E-state index contributed by atoms with van der Waals surface area (Å²) in [7, 11) is 0. The number of nitrogens with one attached hydrogen (secondary N) is 1. The Hall–Kier alpha value is -1.89. The lowest BCUT2D eigenvalue weighted by Gasteiger charge is -2.10. The van der Waals surface area contributed by atoms with Crippen molar-refractivity contribution in [2.24, 2.45) is 5.92 Å². The van der Waals surface area contributed by atoms with E-state index in [4.69, 9.17) is 9.84 Å². The minimum Gasteiger partial charge on any atom is -0.477 e. The number of aromatic carboxylic acids is 1. The van der Waals surface area contributed by atoms with Crippen LogP contribution in [-0.2, 0) is 11.3 Å². The maximum absolute atomic E-state index is 11.5. The molecule has 7 heteroatoms. The molecule has 1 aromatic rings. The molecule has 0 aliphatic carbocycles. The summed E-state index contributed by atoms with van der Waals surface area (Å²) in [5.74, 6) is -1.16. The average molecular weight is 240 g/mol. The largest absolute Gasteiger partial charge is 0.477 e. The van der Waals surface area contributed by atoms with Gasteiger partial charge in [-0.05, 0) is 6.42 Å². The third-order valence-corrected chi connectivity index (χ3v) is 2.72. The van der Waals surface area contributed by atoms with Crippen molar-refractivity contribution in [2.45, 2.75) is 13.0 Å². The topological polar surface area (TPSA) is 101 Å². The van der Waals surface area contributed by atoms with E-state index >= 15 is 0 Å². The fourth-order valence-electron chi connectivity index (χ4n) is 1.80. The van der Waals surface area contributed by atoms with Crippen molar-refractivity contribution in [1.29, 1.82) is 0 Å². The van der Waals surface area contributed by atoms with Crippen LogP contribution in [0.5, 0.6) is 0 Å². The first-order valence-electron chi connectivity index (χ1n) is 5.22. The Morgan fingerprint density at radius 3 is 2.94 bits per heavy atom. The highest BCUT2D eigenvalue weighted by Crippen LogP contribution is 2.13. The number of carboxylic acids is 1. The van der Waals surface area contributed by atoms with E-state index in [-0.39, 0.29) is 5.92 Å². The van der Waals surface area contributed by atoms with Gasteiger partial charge in [-0.3, -0.25) is 14.3 Å². The molecule has 2 heterocycles. The zero-order valence-corrected chi connectivity index (χ0v) is 9.01. The lowest BCUT2D eigenvalue weighted by Crippen LogP contribution is -2.34. The Morgan fingerprint density at radius 2 is 2.35 bits per heavy atom. The van der Waals surface area contributed by atoms with Gasteiger partial charge in [-0.25, -0.2) is 9.59 Å². The number of ether oxygens (including phenoxy) is 1. The van der Waals surface area contributed by atoms with E-state index in [2.05, 4.69) is 0 Å². The number of hydrogen-bond acceptors (Lipinski definition) is 4. The molecule has 2 rings (SSSR count). The Labute approximate surface area is 95.7 Å². The summed E-state index contributed by atoms with van der Waals surface area (Å²) < 4.78 is 6.38. The van der Waals surface area contributed by atoms with Gasteiger partial charge >= 0.3 is 11.7 Å². The van der Waals surface area contributed by atoms with Crippen LogP contribution in [0.3, 0.4) is 0 Å². The molecule has 0 aromatic carbocycles. The van der Waals surface area contributed by atoms with Gasteiger partial charge in [0.1, 0.15) is 5.56 Å². The third kappa shape index (κ3) is 2.44. The number of rotatable bonds is 3. The van der Waals surface area contributed by atoms with Crippen molar-refractivity contribution >= 4 is 5.97 Å². The standard InChI is InChI=1S/C10H12N2O5/c13-8-7(9(14)15)4-12(10(16)11-8)3-6-1-2-17-5-6/h4,6H,1-3,5H2,(H,14,15)(H,11,13,16). The summed E-state index contributed by atoms with van der Waals surface area (Å²) in [6, 6.07) is 0. The van der Waals surface area contributed by atoms with Gasteiger partial charge in [-0.15, -0.1) is 0 Å². The Balaban J connectivity index is 2.33. The van der Waals surface area contributed by atoms with Gasteiger partial charge < -0.3 is 9.84 Å². The molecule has 1 atom stereocenters. The maximum atomic E-state index is 11.5. The van der Waals surface area contributed by atoms with E-state index in [1.54, 1.807) is 0 Å². The molecule has 1 aliphatic rings. The van der Waals surface area contributed by atoms with Crippen LogP contribution in [0.1, 0.15) is 16.8 Å².